The minimum atomic E-state index is 0.242. The molecular weight excluding hydrogens is 296 g/mol. The summed E-state index contributed by atoms with van der Waals surface area (Å²) >= 11 is 0. The van der Waals surface area contributed by atoms with Crippen LogP contribution >= 0.6 is 0 Å². The first-order chi connectivity index (χ1) is 11.6. The number of amides is 1. The lowest BCUT2D eigenvalue weighted by Gasteiger charge is -2.30. The van der Waals surface area contributed by atoms with Crippen LogP contribution < -0.4 is 0 Å². The Bertz CT molecular complexity index is 579. The Kier molecular flexibility index (Phi) is 5.60. The molecule has 1 amide bonds. The number of carbonyl (C=O) groups excluding carboxylic acids is 1. The van der Waals surface area contributed by atoms with E-state index in [0.717, 1.165) is 63.3 Å². The molecule has 1 aliphatic carbocycles. The van der Waals surface area contributed by atoms with Crippen molar-refractivity contribution in [2.24, 2.45) is 5.92 Å². The molecule has 3 nitrogen and oxygen atoms in total. The summed E-state index contributed by atoms with van der Waals surface area (Å²) in [6.07, 6.45) is 5.82. The zero-order valence-electron chi connectivity index (χ0n) is 15.6. The number of hydrogen-bond acceptors (Lipinski definition) is 2. The van der Waals surface area contributed by atoms with E-state index in [0.29, 0.717) is 6.04 Å². The number of nitrogens with zero attached hydrogens (tertiary/aromatic N) is 2. The van der Waals surface area contributed by atoms with Crippen LogP contribution in [0.1, 0.15) is 61.5 Å². The van der Waals surface area contributed by atoms with E-state index in [2.05, 4.69) is 48.8 Å². The Hall–Kier alpha value is -1.35. The Morgan fingerprint density at radius 3 is 2.75 bits per heavy atom. The van der Waals surface area contributed by atoms with E-state index in [1.165, 1.54) is 17.5 Å². The highest BCUT2D eigenvalue weighted by Gasteiger charge is 2.30. The highest BCUT2D eigenvalue weighted by molar-refractivity contribution is 5.95. The monoisotopic (exact) mass is 328 g/mol. The molecule has 1 fully saturated rings. The van der Waals surface area contributed by atoms with Gasteiger partial charge in [0.15, 0.2) is 0 Å². The average molecular weight is 329 g/mol. The van der Waals surface area contributed by atoms with Crippen LogP contribution in [0.4, 0.5) is 0 Å². The zero-order chi connectivity index (χ0) is 17.1. The maximum absolute atomic E-state index is 13.1. The highest BCUT2D eigenvalue weighted by Crippen LogP contribution is 2.28. The van der Waals surface area contributed by atoms with E-state index in [1.807, 2.05) is 0 Å². The van der Waals surface area contributed by atoms with Gasteiger partial charge in [-0.2, -0.15) is 0 Å². The molecule has 1 unspecified atom stereocenters. The third kappa shape index (κ3) is 3.66. The van der Waals surface area contributed by atoms with E-state index in [9.17, 15) is 4.79 Å². The van der Waals surface area contributed by atoms with Gasteiger partial charge in [-0.3, -0.25) is 4.79 Å². The number of likely N-dealkylation sites (N-methyl/N-ethyl adjacent to an activating group) is 1. The number of carbonyl (C=O) groups is 1. The Balaban J connectivity index is 1.73. The summed E-state index contributed by atoms with van der Waals surface area (Å²) in [5.41, 5.74) is 3.75. The van der Waals surface area contributed by atoms with Crippen LogP contribution in [0.3, 0.4) is 0 Å². The first-order valence-electron chi connectivity index (χ1n) is 9.77. The van der Waals surface area contributed by atoms with E-state index in [4.69, 9.17) is 0 Å². The van der Waals surface area contributed by atoms with Gasteiger partial charge in [0.05, 0.1) is 0 Å². The van der Waals surface area contributed by atoms with Crippen molar-refractivity contribution in [2.75, 3.05) is 26.2 Å². The van der Waals surface area contributed by atoms with Gasteiger partial charge in [-0.25, -0.2) is 0 Å². The van der Waals surface area contributed by atoms with E-state index < -0.39 is 0 Å². The fourth-order valence-electron chi connectivity index (χ4n) is 4.31. The van der Waals surface area contributed by atoms with Crippen molar-refractivity contribution in [1.29, 1.82) is 0 Å². The third-order valence-corrected chi connectivity index (χ3v) is 5.93. The van der Waals surface area contributed by atoms with Gasteiger partial charge < -0.3 is 9.80 Å². The lowest BCUT2D eigenvalue weighted by Crippen LogP contribution is -2.43. The van der Waals surface area contributed by atoms with Gasteiger partial charge in [0.1, 0.15) is 0 Å². The molecule has 0 N–H and O–H groups in total. The molecule has 1 aromatic carbocycles. The highest BCUT2D eigenvalue weighted by atomic mass is 16.2. The summed E-state index contributed by atoms with van der Waals surface area (Å²) in [4.78, 5) is 17.6. The second kappa shape index (κ2) is 7.69. The van der Waals surface area contributed by atoms with Gasteiger partial charge in [-0.15, -0.1) is 0 Å². The number of rotatable bonds is 5. The van der Waals surface area contributed by atoms with Crippen LogP contribution in [0.25, 0.3) is 0 Å². The molecule has 3 heteroatoms. The number of hydrogen-bond donors (Lipinski definition) is 0. The van der Waals surface area contributed by atoms with Crippen molar-refractivity contribution in [3.05, 3.63) is 34.9 Å². The van der Waals surface area contributed by atoms with Crippen LogP contribution in [0.15, 0.2) is 18.2 Å². The van der Waals surface area contributed by atoms with Crippen molar-refractivity contribution in [3.8, 4) is 0 Å². The first kappa shape index (κ1) is 17.5. The molecule has 0 spiro atoms. The molecule has 24 heavy (non-hydrogen) atoms. The summed E-state index contributed by atoms with van der Waals surface area (Å²) in [5, 5.41) is 0. The van der Waals surface area contributed by atoms with Crippen LogP contribution in [0.2, 0.25) is 0 Å². The zero-order valence-corrected chi connectivity index (χ0v) is 15.6. The fourth-order valence-corrected chi connectivity index (χ4v) is 4.31. The maximum atomic E-state index is 13.1. The van der Waals surface area contributed by atoms with Crippen LogP contribution in [-0.4, -0.2) is 47.9 Å². The van der Waals surface area contributed by atoms with Crippen molar-refractivity contribution < 1.29 is 4.79 Å². The molecule has 1 heterocycles. The predicted molar refractivity (Wildman–Crippen MR) is 99.5 cm³/mol. The van der Waals surface area contributed by atoms with Crippen molar-refractivity contribution in [2.45, 2.75) is 58.9 Å². The molecule has 1 aromatic rings. The second-order valence-electron chi connectivity index (χ2n) is 7.61. The van der Waals surface area contributed by atoms with E-state index in [1.54, 1.807) is 0 Å². The molecule has 0 aromatic heterocycles. The lowest BCUT2D eigenvalue weighted by atomic mass is 9.84. The number of aryl methyl sites for hydroxylation is 1. The molecule has 0 saturated carbocycles. The molecule has 2 aliphatic rings. The van der Waals surface area contributed by atoms with Crippen molar-refractivity contribution >= 4 is 5.91 Å². The topological polar surface area (TPSA) is 23.6 Å². The van der Waals surface area contributed by atoms with Gasteiger partial charge in [0.2, 0.25) is 0 Å². The molecule has 0 bridgehead atoms. The van der Waals surface area contributed by atoms with Crippen LogP contribution in [0.5, 0.6) is 0 Å². The summed E-state index contributed by atoms with van der Waals surface area (Å²) in [6.45, 7) is 10.8. The largest absolute Gasteiger partial charge is 0.334 e. The standard InChI is InChI=1S/C21H32N2O/c1-4-22(5-2)15-20-7-6-12-23(20)21(24)19-11-10-17-13-16(3)8-9-18(17)14-19/h10-11,14,16,20H,4-9,12-13,15H2,1-3H3/t16?,20-/m0/s1. The van der Waals surface area contributed by atoms with Gasteiger partial charge in [0, 0.05) is 24.7 Å². The van der Waals surface area contributed by atoms with Crippen LogP contribution in [-0.2, 0) is 12.8 Å². The normalized spacial score (nSPS) is 23.6. The molecule has 1 aliphatic heterocycles. The van der Waals surface area contributed by atoms with E-state index >= 15 is 0 Å². The predicted octanol–water partition coefficient (Wildman–Crippen LogP) is 3.76. The minimum absolute atomic E-state index is 0.242. The quantitative estimate of drug-likeness (QED) is 0.822. The van der Waals surface area contributed by atoms with Gasteiger partial charge in [-0.1, -0.05) is 26.8 Å². The third-order valence-electron chi connectivity index (χ3n) is 5.93. The second-order valence-corrected chi connectivity index (χ2v) is 7.61. The Labute approximate surface area is 147 Å². The average Bonchev–Trinajstić information content (AvgIpc) is 3.06. The molecule has 3 rings (SSSR count). The summed E-state index contributed by atoms with van der Waals surface area (Å²) < 4.78 is 0. The lowest BCUT2D eigenvalue weighted by molar-refractivity contribution is 0.0703. The smallest absolute Gasteiger partial charge is 0.254 e. The SMILES string of the molecule is CCN(CC)C[C@@H]1CCCN1C(=O)c1ccc2c(c1)CCC(C)C2. The molecule has 0 radical (unpaired) electrons. The van der Waals surface area contributed by atoms with Gasteiger partial charge >= 0.3 is 0 Å². The minimum Gasteiger partial charge on any atom is -0.334 e. The van der Waals surface area contributed by atoms with E-state index in [-0.39, 0.29) is 5.91 Å². The summed E-state index contributed by atoms with van der Waals surface area (Å²) in [5.74, 6) is 1.02. The summed E-state index contributed by atoms with van der Waals surface area (Å²) in [6, 6.07) is 6.82. The number of benzene rings is 1. The number of likely N-dealkylation sites (tertiary alicyclic amines) is 1. The van der Waals surface area contributed by atoms with Crippen LogP contribution in [0, 0.1) is 5.92 Å². The summed E-state index contributed by atoms with van der Waals surface area (Å²) in [7, 11) is 0. The maximum Gasteiger partial charge on any atom is 0.254 e. The molecular formula is C21H32N2O. The van der Waals surface area contributed by atoms with Gasteiger partial charge in [0.25, 0.3) is 5.91 Å². The molecule has 2 atom stereocenters. The fraction of sp³-hybridized carbons (Fsp3) is 0.667. The first-order valence-corrected chi connectivity index (χ1v) is 9.77. The van der Waals surface area contributed by atoms with Gasteiger partial charge in [-0.05, 0) is 74.4 Å². The molecule has 1 saturated heterocycles. The Morgan fingerprint density at radius 2 is 2.00 bits per heavy atom. The van der Waals surface area contributed by atoms with Crippen molar-refractivity contribution in [3.63, 3.8) is 0 Å². The number of fused-ring (bicyclic) bond motifs is 1. The van der Waals surface area contributed by atoms with Crippen molar-refractivity contribution in [1.82, 2.24) is 9.80 Å². The Morgan fingerprint density at radius 1 is 1.21 bits per heavy atom. The molecule has 132 valence electrons.